The third-order valence-corrected chi connectivity index (χ3v) is 5.68. The Hall–Kier alpha value is -0.380. The summed E-state index contributed by atoms with van der Waals surface area (Å²) in [4.78, 5) is 4.34. The van der Waals surface area contributed by atoms with E-state index < -0.39 is 0 Å². The molecular weight excluding hydrogens is 264 g/mol. The van der Waals surface area contributed by atoms with Crippen molar-refractivity contribution in [2.24, 2.45) is 5.92 Å². The van der Waals surface area contributed by atoms with Crippen molar-refractivity contribution in [3.8, 4) is 0 Å². The van der Waals surface area contributed by atoms with Crippen LogP contribution in [0.15, 0.2) is 17.5 Å². The summed E-state index contributed by atoms with van der Waals surface area (Å²) in [6.45, 7) is 8.36. The van der Waals surface area contributed by atoms with Crippen LogP contribution in [-0.2, 0) is 0 Å². The van der Waals surface area contributed by atoms with E-state index >= 15 is 0 Å². The van der Waals surface area contributed by atoms with Gasteiger partial charge in [0.1, 0.15) is 0 Å². The van der Waals surface area contributed by atoms with E-state index in [1.54, 1.807) is 4.88 Å². The monoisotopic (exact) mass is 292 g/mol. The number of nitrogens with zero attached hydrogens (tertiary/aromatic N) is 1. The Morgan fingerprint density at radius 1 is 1.35 bits per heavy atom. The van der Waals surface area contributed by atoms with E-state index in [-0.39, 0.29) is 0 Å². The lowest BCUT2D eigenvalue weighted by molar-refractivity contribution is 0.164. The molecule has 0 bridgehead atoms. The van der Waals surface area contributed by atoms with Gasteiger partial charge >= 0.3 is 0 Å². The lowest BCUT2D eigenvalue weighted by Gasteiger charge is -2.38. The molecule has 0 spiro atoms. The maximum absolute atomic E-state index is 3.82. The number of nitrogens with one attached hydrogen (secondary N) is 1. The second kappa shape index (κ2) is 6.59. The van der Waals surface area contributed by atoms with Crippen LogP contribution in [0.2, 0.25) is 0 Å². The van der Waals surface area contributed by atoms with Crippen LogP contribution in [0.1, 0.15) is 50.3 Å². The molecule has 2 aliphatic rings. The van der Waals surface area contributed by atoms with Crippen LogP contribution in [0.4, 0.5) is 0 Å². The molecule has 1 aromatic heterocycles. The molecule has 1 aliphatic heterocycles. The number of hydrogen-bond acceptors (Lipinski definition) is 3. The molecule has 2 nitrogen and oxygen atoms in total. The predicted molar refractivity (Wildman–Crippen MR) is 87.5 cm³/mol. The van der Waals surface area contributed by atoms with E-state index in [1.165, 1.54) is 45.3 Å². The van der Waals surface area contributed by atoms with Crippen LogP contribution in [0.3, 0.4) is 0 Å². The average Bonchev–Trinajstić information content (AvgIpc) is 3.13. The van der Waals surface area contributed by atoms with Crippen LogP contribution in [-0.4, -0.2) is 36.6 Å². The lowest BCUT2D eigenvalue weighted by Crippen LogP contribution is -2.49. The van der Waals surface area contributed by atoms with Crippen LogP contribution >= 0.6 is 11.3 Å². The molecule has 1 saturated heterocycles. The van der Waals surface area contributed by atoms with Crippen LogP contribution in [0.5, 0.6) is 0 Å². The number of piperidine rings is 1. The number of hydrogen-bond donors (Lipinski definition) is 1. The zero-order valence-corrected chi connectivity index (χ0v) is 13.7. The Morgan fingerprint density at radius 3 is 2.85 bits per heavy atom. The highest BCUT2D eigenvalue weighted by Crippen LogP contribution is 2.36. The van der Waals surface area contributed by atoms with Gasteiger partial charge in [0.05, 0.1) is 0 Å². The largest absolute Gasteiger partial charge is 0.313 e. The SMILES string of the molecule is CC(C)CCNC1CC(c2cccs2)CN(C2CC2)C1. The molecule has 3 rings (SSSR count). The summed E-state index contributed by atoms with van der Waals surface area (Å²) in [5, 5.41) is 6.05. The van der Waals surface area contributed by atoms with Crippen molar-refractivity contribution in [2.45, 2.75) is 57.5 Å². The minimum Gasteiger partial charge on any atom is -0.313 e. The van der Waals surface area contributed by atoms with Crippen LogP contribution in [0.25, 0.3) is 0 Å². The van der Waals surface area contributed by atoms with Gasteiger partial charge in [-0.2, -0.15) is 0 Å². The number of likely N-dealkylation sites (tertiary alicyclic amines) is 1. The van der Waals surface area contributed by atoms with Gasteiger partial charge in [0, 0.05) is 36.0 Å². The van der Waals surface area contributed by atoms with Crippen LogP contribution < -0.4 is 5.32 Å². The standard InChI is InChI=1S/C17H28N2S/c1-13(2)7-8-18-15-10-14(17-4-3-9-20-17)11-19(12-15)16-5-6-16/h3-4,9,13-16,18H,5-8,10-12H2,1-2H3. The molecule has 1 saturated carbocycles. The Balaban J connectivity index is 1.58. The molecule has 2 atom stereocenters. The average molecular weight is 292 g/mol. The molecule has 2 unspecified atom stereocenters. The molecule has 1 aromatic rings. The highest BCUT2D eigenvalue weighted by molar-refractivity contribution is 7.10. The fourth-order valence-electron chi connectivity index (χ4n) is 3.32. The van der Waals surface area contributed by atoms with E-state index in [0.717, 1.165) is 17.9 Å². The summed E-state index contributed by atoms with van der Waals surface area (Å²) < 4.78 is 0. The first kappa shape index (κ1) is 14.6. The maximum atomic E-state index is 3.82. The normalized spacial score (nSPS) is 28.1. The highest BCUT2D eigenvalue weighted by atomic mass is 32.1. The first-order valence-electron chi connectivity index (χ1n) is 8.23. The molecule has 20 heavy (non-hydrogen) atoms. The maximum Gasteiger partial charge on any atom is 0.0201 e. The molecule has 0 radical (unpaired) electrons. The third kappa shape index (κ3) is 3.84. The minimum atomic E-state index is 0.690. The van der Waals surface area contributed by atoms with E-state index in [4.69, 9.17) is 0 Å². The van der Waals surface area contributed by atoms with Crippen molar-refractivity contribution in [1.29, 1.82) is 0 Å². The van der Waals surface area contributed by atoms with E-state index in [1.807, 2.05) is 11.3 Å². The molecule has 2 heterocycles. The molecule has 1 aliphatic carbocycles. The minimum absolute atomic E-state index is 0.690. The van der Waals surface area contributed by atoms with Gasteiger partial charge in [-0.25, -0.2) is 0 Å². The van der Waals surface area contributed by atoms with Crippen molar-refractivity contribution < 1.29 is 0 Å². The Morgan fingerprint density at radius 2 is 2.20 bits per heavy atom. The van der Waals surface area contributed by atoms with Gasteiger partial charge in [-0.05, 0) is 49.6 Å². The van der Waals surface area contributed by atoms with Gasteiger partial charge < -0.3 is 5.32 Å². The number of thiophene rings is 1. The van der Waals surface area contributed by atoms with E-state index in [2.05, 4.69) is 41.6 Å². The summed E-state index contributed by atoms with van der Waals surface area (Å²) >= 11 is 1.94. The fraction of sp³-hybridized carbons (Fsp3) is 0.765. The fourth-order valence-corrected chi connectivity index (χ4v) is 4.16. The third-order valence-electron chi connectivity index (χ3n) is 4.64. The zero-order chi connectivity index (χ0) is 13.9. The first-order chi connectivity index (χ1) is 9.72. The Bertz CT molecular complexity index is 397. The van der Waals surface area contributed by atoms with Gasteiger partial charge in [0.25, 0.3) is 0 Å². The molecule has 0 amide bonds. The van der Waals surface area contributed by atoms with Crippen molar-refractivity contribution in [3.05, 3.63) is 22.4 Å². The topological polar surface area (TPSA) is 15.3 Å². The molecular formula is C17H28N2S. The summed E-state index contributed by atoms with van der Waals surface area (Å²) in [7, 11) is 0. The molecule has 3 heteroatoms. The molecule has 2 fully saturated rings. The van der Waals surface area contributed by atoms with Crippen molar-refractivity contribution in [3.63, 3.8) is 0 Å². The first-order valence-corrected chi connectivity index (χ1v) is 9.11. The van der Waals surface area contributed by atoms with Crippen molar-refractivity contribution in [1.82, 2.24) is 10.2 Å². The molecule has 1 N–H and O–H groups in total. The summed E-state index contributed by atoms with van der Waals surface area (Å²) in [6, 6.07) is 6.12. The van der Waals surface area contributed by atoms with Crippen molar-refractivity contribution in [2.75, 3.05) is 19.6 Å². The smallest absolute Gasteiger partial charge is 0.0201 e. The Labute approximate surface area is 127 Å². The predicted octanol–water partition coefficient (Wildman–Crippen LogP) is 3.70. The summed E-state index contributed by atoms with van der Waals surface area (Å²) in [5.74, 6) is 1.56. The highest BCUT2D eigenvalue weighted by Gasteiger charge is 2.36. The van der Waals surface area contributed by atoms with Crippen LogP contribution in [0, 0.1) is 5.92 Å². The van der Waals surface area contributed by atoms with Gasteiger partial charge in [-0.15, -0.1) is 11.3 Å². The van der Waals surface area contributed by atoms with Gasteiger partial charge in [0.15, 0.2) is 0 Å². The van der Waals surface area contributed by atoms with E-state index in [9.17, 15) is 0 Å². The number of rotatable bonds is 6. The lowest BCUT2D eigenvalue weighted by atomic mass is 9.92. The molecule has 0 aromatic carbocycles. The second-order valence-electron chi connectivity index (χ2n) is 6.97. The van der Waals surface area contributed by atoms with Gasteiger partial charge in [-0.1, -0.05) is 19.9 Å². The second-order valence-corrected chi connectivity index (χ2v) is 7.95. The Kier molecular flexibility index (Phi) is 4.79. The van der Waals surface area contributed by atoms with Gasteiger partial charge in [0.2, 0.25) is 0 Å². The molecule has 112 valence electrons. The van der Waals surface area contributed by atoms with Gasteiger partial charge in [-0.3, -0.25) is 4.90 Å². The quantitative estimate of drug-likeness (QED) is 0.860. The van der Waals surface area contributed by atoms with Crippen molar-refractivity contribution >= 4 is 11.3 Å². The van der Waals surface area contributed by atoms with E-state index in [0.29, 0.717) is 6.04 Å². The summed E-state index contributed by atoms with van der Waals surface area (Å²) in [6.07, 6.45) is 5.47. The zero-order valence-electron chi connectivity index (χ0n) is 12.8. The summed E-state index contributed by atoms with van der Waals surface area (Å²) in [5.41, 5.74) is 0.